The van der Waals surface area contributed by atoms with E-state index in [2.05, 4.69) is 4.18 Å². The number of rotatable bonds is 11. The first kappa shape index (κ1) is 21.1. The van der Waals surface area contributed by atoms with Crippen molar-refractivity contribution < 1.29 is 39.9 Å². The molecule has 10 heteroatoms. The van der Waals surface area contributed by atoms with Crippen molar-refractivity contribution in [2.75, 3.05) is 6.61 Å². The number of esters is 1. The summed E-state index contributed by atoms with van der Waals surface area (Å²) < 4.78 is 73.7. The van der Waals surface area contributed by atoms with Gasteiger partial charge in [0.2, 0.25) is 0 Å². The molecule has 22 heavy (non-hydrogen) atoms. The maximum absolute atomic E-state index is 11.9. The van der Waals surface area contributed by atoms with Gasteiger partial charge in [0.05, 0.1) is 19.1 Å². The van der Waals surface area contributed by atoms with Gasteiger partial charge in [0.25, 0.3) is 0 Å². The summed E-state index contributed by atoms with van der Waals surface area (Å²) in [5.74, 6) is -0.673. The highest BCUT2D eigenvalue weighted by atomic mass is 32.3. The van der Waals surface area contributed by atoms with Gasteiger partial charge in [-0.2, -0.15) is 21.6 Å². The second kappa shape index (κ2) is 10.0. The highest BCUT2D eigenvalue weighted by molar-refractivity contribution is 7.80. The molecule has 6 nitrogen and oxygen atoms in total. The molecular weight excluding hydrogens is 329 g/mol. The minimum Gasteiger partial charge on any atom is -0.466 e. The number of hydrogen-bond donors (Lipinski definition) is 1. The fraction of sp³-hybridized carbons (Fsp3) is 0.917. The van der Waals surface area contributed by atoms with Crippen LogP contribution >= 0.6 is 0 Å². The van der Waals surface area contributed by atoms with E-state index >= 15 is 0 Å². The molecule has 0 aromatic carbocycles. The molecule has 0 bridgehead atoms. The van der Waals surface area contributed by atoms with Crippen molar-refractivity contribution in [3.05, 3.63) is 0 Å². The molecular formula is C12H21F3O6S. The standard InChI is InChI=1S/C12H21F3O6S/c1-10(21-22(17,18)19)9-11(16)20-8-6-4-2-3-5-7-12(13,14)15/h10H,2-9H2,1H3,(H,17,18,19). The number of unbranched alkanes of at least 4 members (excludes halogenated alkanes) is 4. The monoisotopic (exact) mass is 350 g/mol. The lowest BCUT2D eigenvalue weighted by atomic mass is 10.1. The first-order valence-corrected chi connectivity index (χ1v) is 8.24. The van der Waals surface area contributed by atoms with Crippen molar-refractivity contribution in [2.24, 2.45) is 0 Å². The third-order valence-corrected chi connectivity index (χ3v) is 3.18. The predicted molar refractivity (Wildman–Crippen MR) is 71.4 cm³/mol. The Balaban J connectivity index is 3.53. The van der Waals surface area contributed by atoms with Gasteiger partial charge in [-0.05, 0) is 19.8 Å². The Labute approximate surface area is 127 Å². The molecule has 0 rings (SSSR count). The Morgan fingerprint density at radius 2 is 1.68 bits per heavy atom. The molecule has 1 N–H and O–H groups in total. The first-order chi connectivity index (χ1) is 9.99. The molecule has 0 amide bonds. The zero-order valence-corrected chi connectivity index (χ0v) is 13.1. The van der Waals surface area contributed by atoms with Gasteiger partial charge in [-0.1, -0.05) is 19.3 Å². The Hall–Kier alpha value is -0.870. The predicted octanol–water partition coefficient (Wildman–Crippen LogP) is 3.03. The van der Waals surface area contributed by atoms with Crippen molar-refractivity contribution >= 4 is 16.4 Å². The molecule has 1 atom stereocenters. The van der Waals surface area contributed by atoms with E-state index in [-0.39, 0.29) is 19.4 Å². The molecule has 0 saturated heterocycles. The number of ether oxygens (including phenoxy) is 1. The molecule has 0 radical (unpaired) electrons. The molecule has 0 spiro atoms. The SMILES string of the molecule is CC(CC(=O)OCCCCCCCC(F)(F)F)OS(=O)(=O)O. The summed E-state index contributed by atoms with van der Waals surface area (Å²) in [6, 6.07) is 0. The first-order valence-electron chi connectivity index (χ1n) is 6.87. The maximum atomic E-state index is 11.9. The van der Waals surface area contributed by atoms with Gasteiger partial charge in [0, 0.05) is 6.42 Å². The fourth-order valence-corrected chi connectivity index (χ4v) is 2.16. The Kier molecular flexibility index (Phi) is 9.61. The van der Waals surface area contributed by atoms with E-state index < -0.39 is 35.1 Å². The normalized spacial score (nSPS) is 13.9. The van der Waals surface area contributed by atoms with Crippen LogP contribution in [0.1, 0.15) is 51.9 Å². The van der Waals surface area contributed by atoms with E-state index in [4.69, 9.17) is 9.29 Å². The highest BCUT2D eigenvalue weighted by Gasteiger charge is 2.25. The van der Waals surface area contributed by atoms with E-state index in [9.17, 15) is 26.4 Å². The summed E-state index contributed by atoms with van der Waals surface area (Å²) >= 11 is 0. The molecule has 0 fully saturated rings. The van der Waals surface area contributed by atoms with E-state index in [1.807, 2.05) is 0 Å². The third-order valence-electron chi connectivity index (χ3n) is 2.61. The minimum atomic E-state index is -4.61. The van der Waals surface area contributed by atoms with Crippen LogP contribution in [0.2, 0.25) is 0 Å². The molecule has 0 aromatic heterocycles. The van der Waals surface area contributed by atoms with Gasteiger partial charge in [-0.25, -0.2) is 4.18 Å². The van der Waals surface area contributed by atoms with Gasteiger partial charge >= 0.3 is 22.5 Å². The van der Waals surface area contributed by atoms with Crippen LogP contribution in [0.25, 0.3) is 0 Å². The van der Waals surface area contributed by atoms with Crippen molar-refractivity contribution in [2.45, 2.75) is 64.1 Å². The second-order valence-electron chi connectivity index (χ2n) is 4.89. The van der Waals surface area contributed by atoms with Crippen LogP contribution in [0.15, 0.2) is 0 Å². The van der Waals surface area contributed by atoms with Crippen LogP contribution in [-0.4, -0.2) is 37.8 Å². The van der Waals surface area contributed by atoms with Crippen molar-refractivity contribution in [3.63, 3.8) is 0 Å². The van der Waals surface area contributed by atoms with E-state index in [1.54, 1.807) is 0 Å². The number of carbonyl (C=O) groups excluding carboxylic acids is 1. The molecule has 1 unspecified atom stereocenters. The summed E-state index contributed by atoms with van der Waals surface area (Å²) in [6.45, 7) is 1.40. The van der Waals surface area contributed by atoms with E-state index in [1.165, 1.54) is 6.92 Å². The van der Waals surface area contributed by atoms with E-state index in [0.29, 0.717) is 25.7 Å². The van der Waals surface area contributed by atoms with Gasteiger partial charge in [-0.15, -0.1) is 0 Å². The van der Waals surface area contributed by atoms with Gasteiger partial charge in [0.15, 0.2) is 0 Å². The van der Waals surface area contributed by atoms with Crippen LogP contribution in [0.3, 0.4) is 0 Å². The van der Waals surface area contributed by atoms with Crippen molar-refractivity contribution in [1.82, 2.24) is 0 Å². The molecule has 0 aliphatic heterocycles. The Morgan fingerprint density at radius 1 is 1.14 bits per heavy atom. The molecule has 0 saturated carbocycles. The summed E-state index contributed by atoms with van der Waals surface area (Å²) in [7, 11) is -4.61. The minimum absolute atomic E-state index is 0.0910. The van der Waals surface area contributed by atoms with E-state index in [0.717, 1.165) is 0 Å². The molecule has 0 heterocycles. The lowest BCUT2D eigenvalue weighted by molar-refractivity contribution is -0.145. The average Bonchev–Trinajstić information content (AvgIpc) is 2.28. The van der Waals surface area contributed by atoms with Crippen molar-refractivity contribution in [1.29, 1.82) is 0 Å². The second-order valence-corrected chi connectivity index (χ2v) is 5.94. The van der Waals surface area contributed by atoms with Crippen LogP contribution in [-0.2, 0) is 24.1 Å². The van der Waals surface area contributed by atoms with Crippen LogP contribution in [0, 0.1) is 0 Å². The Bertz CT molecular complexity index is 421. The zero-order valence-electron chi connectivity index (χ0n) is 12.3. The zero-order chi connectivity index (χ0) is 17.2. The Morgan fingerprint density at radius 3 is 2.23 bits per heavy atom. The number of hydrogen-bond acceptors (Lipinski definition) is 5. The van der Waals surface area contributed by atoms with Crippen molar-refractivity contribution in [3.8, 4) is 0 Å². The molecule has 0 aromatic rings. The quantitative estimate of drug-likeness (QED) is 0.350. The van der Waals surface area contributed by atoms with Gasteiger partial charge < -0.3 is 4.74 Å². The highest BCUT2D eigenvalue weighted by Crippen LogP contribution is 2.23. The largest absolute Gasteiger partial charge is 0.466 e. The maximum Gasteiger partial charge on any atom is 0.397 e. The summed E-state index contributed by atoms with van der Waals surface area (Å²) in [4.78, 5) is 11.3. The van der Waals surface area contributed by atoms with Crippen LogP contribution < -0.4 is 0 Å². The lowest BCUT2D eigenvalue weighted by Crippen LogP contribution is -2.20. The van der Waals surface area contributed by atoms with Gasteiger partial charge in [-0.3, -0.25) is 9.35 Å². The average molecular weight is 350 g/mol. The summed E-state index contributed by atoms with van der Waals surface area (Å²) in [5, 5.41) is 0. The number of carbonyl (C=O) groups is 1. The fourth-order valence-electron chi connectivity index (χ4n) is 1.68. The van der Waals surface area contributed by atoms with Gasteiger partial charge in [0.1, 0.15) is 0 Å². The summed E-state index contributed by atoms with van der Waals surface area (Å²) in [5.41, 5.74) is 0. The molecule has 0 aliphatic rings. The number of alkyl halides is 3. The lowest BCUT2D eigenvalue weighted by Gasteiger charge is -2.10. The van der Waals surface area contributed by atoms with Crippen LogP contribution in [0.4, 0.5) is 13.2 Å². The molecule has 132 valence electrons. The topological polar surface area (TPSA) is 89.9 Å². The smallest absolute Gasteiger partial charge is 0.397 e. The summed E-state index contributed by atoms with van der Waals surface area (Å²) in [6.07, 6.45) is -3.93. The number of halogens is 3. The van der Waals surface area contributed by atoms with Crippen LogP contribution in [0.5, 0.6) is 0 Å². The molecule has 0 aliphatic carbocycles. The third kappa shape index (κ3) is 15.5.